The van der Waals surface area contributed by atoms with Crippen LogP contribution in [-0.2, 0) is 22.4 Å². The topological polar surface area (TPSA) is 63.5 Å². The van der Waals surface area contributed by atoms with Crippen molar-refractivity contribution in [3.8, 4) is 5.75 Å². The highest BCUT2D eigenvalue weighted by Gasteiger charge is 2.38. The van der Waals surface area contributed by atoms with Gasteiger partial charge in [-0.25, -0.2) is 0 Å². The van der Waals surface area contributed by atoms with Gasteiger partial charge in [0.15, 0.2) is 0 Å². The molecule has 1 aliphatic heterocycles. The second kappa shape index (κ2) is 7.88. The summed E-state index contributed by atoms with van der Waals surface area (Å²) in [6.45, 7) is 1.90. The van der Waals surface area contributed by atoms with Gasteiger partial charge in [0.25, 0.3) is 0 Å². The van der Waals surface area contributed by atoms with E-state index < -0.39 is 22.6 Å². The first-order valence-corrected chi connectivity index (χ1v) is 10.2. The number of alkyl halides is 3. The van der Waals surface area contributed by atoms with Gasteiger partial charge in [-0.3, -0.25) is 4.79 Å². The third-order valence-corrected chi connectivity index (χ3v) is 6.28. The van der Waals surface area contributed by atoms with Gasteiger partial charge >= 0.3 is 12.1 Å². The van der Waals surface area contributed by atoms with E-state index in [1.807, 2.05) is 25.3 Å². The van der Waals surface area contributed by atoms with Crippen LogP contribution >= 0.6 is 11.8 Å². The number of fused-ring (bicyclic) bond motifs is 1. The number of thioether (sulfide) groups is 1. The van der Waals surface area contributed by atoms with Gasteiger partial charge in [-0.15, -0.1) is 0 Å². The zero-order valence-electron chi connectivity index (χ0n) is 16.4. The number of rotatable bonds is 6. The molecule has 4 rings (SSSR count). The van der Waals surface area contributed by atoms with Gasteiger partial charge < -0.3 is 19.7 Å². The zero-order valence-corrected chi connectivity index (χ0v) is 17.3. The van der Waals surface area contributed by atoms with Crippen LogP contribution in [0.2, 0.25) is 0 Å². The molecule has 3 aromatic rings. The molecule has 1 aliphatic rings. The lowest BCUT2D eigenvalue weighted by Crippen LogP contribution is -2.39. The van der Waals surface area contributed by atoms with Crippen molar-refractivity contribution in [3.63, 3.8) is 0 Å². The first-order chi connectivity index (χ1) is 14.7. The predicted octanol–water partition coefficient (Wildman–Crippen LogP) is 5.17. The number of allylic oxidation sites excluding steroid dienone is 1. The molecule has 0 spiro atoms. The number of carboxylic acids is 1. The first kappa shape index (κ1) is 21.2. The van der Waals surface area contributed by atoms with Gasteiger partial charge in [-0.05, 0) is 48.2 Å². The Morgan fingerprint density at radius 1 is 1.19 bits per heavy atom. The second-order valence-corrected chi connectivity index (χ2v) is 8.80. The highest BCUT2D eigenvalue weighted by Crippen LogP contribution is 2.44. The van der Waals surface area contributed by atoms with Crippen molar-refractivity contribution in [2.75, 3.05) is 6.61 Å². The highest BCUT2D eigenvalue weighted by molar-refractivity contribution is 8.04. The van der Waals surface area contributed by atoms with Gasteiger partial charge in [0.1, 0.15) is 23.8 Å². The molecule has 1 atom stereocenters. The summed E-state index contributed by atoms with van der Waals surface area (Å²) < 4.78 is 46.5. The summed E-state index contributed by atoms with van der Waals surface area (Å²) in [6.07, 6.45) is -0.881. The number of hydrogen-bond donors (Lipinski definition) is 2. The summed E-state index contributed by atoms with van der Waals surface area (Å²) in [5, 5.41) is 13.2. The summed E-state index contributed by atoms with van der Waals surface area (Å²) in [5.41, 5.74) is 0.684. The molecule has 1 unspecified atom stereocenters. The third kappa shape index (κ3) is 4.36. The largest absolute Gasteiger partial charge is 0.490 e. The number of ether oxygens (including phenoxy) is 1. The first-order valence-electron chi connectivity index (χ1n) is 9.41. The van der Waals surface area contributed by atoms with E-state index in [-0.39, 0.29) is 13.2 Å². The van der Waals surface area contributed by atoms with Crippen LogP contribution in [0.25, 0.3) is 10.9 Å². The Morgan fingerprint density at radius 3 is 2.55 bits per heavy atom. The molecule has 0 saturated heterocycles. The normalized spacial score (nSPS) is 18.6. The molecule has 0 bridgehead atoms. The molecule has 2 N–H and O–H groups in total. The third-order valence-electron chi connectivity index (χ3n) is 5.02. The molecule has 0 radical (unpaired) electrons. The van der Waals surface area contributed by atoms with Gasteiger partial charge in [-0.1, -0.05) is 23.9 Å². The Labute approximate surface area is 180 Å². The molecule has 0 amide bonds. The van der Waals surface area contributed by atoms with E-state index in [4.69, 9.17) is 9.84 Å². The molecular formula is C22H19F3N2O3S. The summed E-state index contributed by atoms with van der Waals surface area (Å²) >= 11 is 1.48. The van der Waals surface area contributed by atoms with Crippen molar-refractivity contribution >= 4 is 28.6 Å². The van der Waals surface area contributed by atoms with Crippen LogP contribution in [0.1, 0.15) is 18.1 Å². The lowest BCUT2D eigenvalue weighted by atomic mass is 10.0. The summed E-state index contributed by atoms with van der Waals surface area (Å²) in [4.78, 5) is 11.3. The van der Waals surface area contributed by atoms with Crippen LogP contribution in [-0.4, -0.2) is 22.2 Å². The van der Waals surface area contributed by atoms with Gasteiger partial charge in [-0.2, -0.15) is 13.2 Å². The zero-order chi connectivity index (χ0) is 22.2. The minimum atomic E-state index is -4.40. The smallest absolute Gasteiger partial charge is 0.416 e. The van der Waals surface area contributed by atoms with Crippen molar-refractivity contribution in [1.82, 2.24) is 9.88 Å². The van der Waals surface area contributed by atoms with Crippen molar-refractivity contribution in [2.45, 2.75) is 24.5 Å². The lowest BCUT2D eigenvalue weighted by molar-refractivity contribution is -0.138. The molecule has 2 heterocycles. The fraction of sp³-hybridized carbons (Fsp3) is 0.227. The molecule has 0 fully saturated rings. The fourth-order valence-electron chi connectivity index (χ4n) is 3.50. The van der Waals surface area contributed by atoms with Crippen LogP contribution in [0, 0.1) is 0 Å². The molecule has 9 heteroatoms. The van der Waals surface area contributed by atoms with E-state index >= 15 is 0 Å². The molecule has 162 valence electrons. The standard InChI is InChI=1S/C22H19F3N2O3S/c1-14-11-26-21(31-14,16-3-5-17(6-4-16)22(23,24)25)13-30-18-7-2-15-8-9-27(12-20(28)29)19(15)10-18/h2-11,26H,12-13H2,1H3,(H,28,29). The summed E-state index contributed by atoms with van der Waals surface area (Å²) in [5.74, 6) is -0.408. The average Bonchev–Trinajstić information content (AvgIpc) is 3.29. The monoisotopic (exact) mass is 448 g/mol. The number of aliphatic carboxylic acids is 1. The van der Waals surface area contributed by atoms with Gasteiger partial charge in [0, 0.05) is 23.4 Å². The minimum Gasteiger partial charge on any atom is -0.490 e. The fourth-order valence-corrected chi connectivity index (χ4v) is 4.66. The second-order valence-electron chi connectivity index (χ2n) is 7.25. The van der Waals surface area contributed by atoms with Crippen molar-refractivity contribution in [3.05, 3.63) is 77.0 Å². The number of hydrogen-bond acceptors (Lipinski definition) is 4. The maximum atomic E-state index is 12.9. The van der Waals surface area contributed by atoms with Crippen molar-refractivity contribution in [2.24, 2.45) is 0 Å². The van der Waals surface area contributed by atoms with Gasteiger partial charge in [0.2, 0.25) is 0 Å². The number of carboxylic acid groups (broad SMARTS) is 1. The summed E-state index contributed by atoms with van der Waals surface area (Å²) in [6, 6.07) is 12.3. The van der Waals surface area contributed by atoms with E-state index in [1.54, 1.807) is 22.9 Å². The maximum Gasteiger partial charge on any atom is 0.416 e. The molecule has 0 saturated carbocycles. The quantitative estimate of drug-likeness (QED) is 0.545. The molecule has 0 aliphatic carbocycles. The van der Waals surface area contributed by atoms with Crippen LogP contribution in [0.15, 0.2) is 65.8 Å². The minimum absolute atomic E-state index is 0.155. The molecule has 1 aromatic heterocycles. The van der Waals surface area contributed by atoms with E-state index in [0.29, 0.717) is 11.3 Å². The number of nitrogens with zero attached hydrogens (tertiary/aromatic N) is 1. The van der Waals surface area contributed by atoms with Crippen LogP contribution in [0.5, 0.6) is 5.75 Å². The van der Waals surface area contributed by atoms with E-state index in [9.17, 15) is 18.0 Å². The number of carbonyl (C=O) groups is 1. The lowest BCUT2D eigenvalue weighted by Gasteiger charge is -2.30. The maximum absolute atomic E-state index is 12.9. The Hall–Kier alpha value is -3.07. The number of benzene rings is 2. The number of nitrogens with one attached hydrogen (secondary N) is 1. The molecule has 5 nitrogen and oxygen atoms in total. The molecular weight excluding hydrogens is 429 g/mol. The van der Waals surface area contributed by atoms with E-state index in [0.717, 1.165) is 27.9 Å². The number of aromatic nitrogens is 1. The Kier molecular flexibility index (Phi) is 5.38. The average molecular weight is 448 g/mol. The van der Waals surface area contributed by atoms with Crippen molar-refractivity contribution < 1.29 is 27.8 Å². The highest BCUT2D eigenvalue weighted by atomic mass is 32.2. The van der Waals surface area contributed by atoms with Crippen LogP contribution in [0.4, 0.5) is 13.2 Å². The van der Waals surface area contributed by atoms with Crippen LogP contribution < -0.4 is 10.1 Å². The van der Waals surface area contributed by atoms with E-state index in [2.05, 4.69) is 5.32 Å². The predicted molar refractivity (Wildman–Crippen MR) is 113 cm³/mol. The summed E-state index contributed by atoms with van der Waals surface area (Å²) in [7, 11) is 0. The van der Waals surface area contributed by atoms with Crippen molar-refractivity contribution in [1.29, 1.82) is 0 Å². The van der Waals surface area contributed by atoms with E-state index in [1.165, 1.54) is 23.9 Å². The van der Waals surface area contributed by atoms with Crippen LogP contribution in [0.3, 0.4) is 0 Å². The Balaban J connectivity index is 1.58. The molecule has 2 aromatic carbocycles. The number of halogens is 3. The Morgan fingerprint density at radius 2 is 1.94 bits per heavy atom. The SMILES string of the molecule is CC1=CNC(COc2ccc3ccn(CC(=O)O)c3c2)(c2ccc(C(F)(F)F)cc2)S1. The molecule has 31 heavy (non-hydrogen) atoms. The van der Waals surface area contributed by atoms with Gasteiger partial charge in [0.05, 0.1) is 11.1 Å². The Bertz CT molecular complexity index is 1160.